The van der Waals surface area contributed by atoms with Crippen molar-refractivity contribution in [2.75, 3.05) is 17.1 Å². The minimum absolute atomic E-state index is 0.268. The maximum absolute atomic E-state index is 13.0. The number of carbonyl (C=O) groups is 1. The standard InChI is InChI=1S/C17H14Cl2F3N3O3S/c1-29(27,28)25(15-8-12(17(20,21)22)6-7-14(15)19)10-16(26)24-23-9-11-4-2-3-5-13(11)18/h2-9H,10H2,1H3,(H,24,26)/b23-9-. The van der Waals surface area contributed by atoms with Gasteiger partial charge in [0.05, 0.1) is 28.7 Å². The number of sulfonamides is 1. The van der Waals surface area contributed by atoms with E-state index in [1.165, 1.54) is 6.21 Å². The maximum Gasteiger partial charge on any atom is 0.416 e. The van der Waals surface area contributed by atoms with Crippen molar-refractivity contribution in [3.63, 3.8) is 0 Å². The highest BCUT2D eigenvalue weighted by Gasteiger charge is 2.33. The van der Waals surface area contributed by atoms with Crippen LogP contribution >= 0.6 is 23.2 Å². The van der Waals surface area contributed by atoms with Crippen LogP contribution in [-0.4, -0.2) is 33.3 Å². The molecule has 0 heterocycles. The van der Waals surface area contributed by atoms with Crippen molar-refractivity contribution in [2.45, 2.75) is 6.18 Å². The van der Waals surface area contributed by atoms with Gasteiger partial charge in [-0.05, 0) is 24.3 Å². The molecule has 0 spiro atoms. The van der Waals surface area contributed by atoms with Gasteiger partial charge in [0.2, 0.25) is 10.0 Å². The summed E-state index contributed by atoms with van der Waals surface area (Å²) in [6, 6.07) is 8.79. The Hall–Kier alpha value is -2.30. The predicted octanol–water partition coefficient (Wildman–Crippen LogP) is 3.93. The highest BCUT2D eigenvalue weighted by atomic mass is 35.5. The molecular formula is C17H14Cl2F3N3O3S. The molecule has 12 heteroatoms. The molecule has 29 heavy (non-hydrogen) atoms. The Morgan fingerprint density at radius 3 is 2.41 bits per heavy atom. The van der Waals surface area contributed by atoms with Crippen molar-refractivity contribution in [2.24, 2.45) is 5.10 Å². The quantitative estimate of drug-likeness (QED) is 0.516. The van der Waals surface area contributed by atoms with Gasteiger partial charge in [-0.3, -0.25) is 9.10 Å². The van der Waals surface area contributed by atoms with Crippen LogP contribution < -0.4 is 9.73 Å². The molecule has 0 bridgehead atoms. The van der Waals surface area contributed by atoms with Crippen molar-refractivity contribution in [3.05, 3.63) is 63.6 Å². The third kappa shape index (κ3) is 6.34. The summed E-state index contributed by atoms with van der Waals surface area (Å²) in [6.45, 7) is -0.834. The van der Waals surface area contributed by atoms with E-state index in [4.69, 9.17) is 23.2 Å². The fraction of sp³-hybridized carbons (Fsp3) is 0.176. The van der Waals surface area contributed by atoms with Gasteiger partial charge < -0.3 is 0 Å². The van der Waals surface area contributed by atoms with Gasteiger partial charge in [-0.25, -0.2) is 13.8 Å². The molecule has 156 valence electrons. The average molecular weight is 468 g/mol. The van der Waals surface area contributed by atoms with Crippen LogP contribution in [0.5, 0.6) is 0 Å². The summed E-state index contributed by atoms with van der Waals surface area (Å²) in [5.74, 6) is -0.896. The lowest BCUT2D eigenvalue weighted by Crippen LogP contribution is -2.39. The molecule has 2 aromatic carbocycles. The van der Waals surface area contributed by atoms with E-state index in [2.05, 4.69) is 10.5 Å². The maximum atomic E-state index is 13.0. The first-order valence-corrected chi connectivity index (χ1v) is 10.4. The Kier molecular flexibility index (Phi) is 7.15. The number of amides is 1. The lowest BCUT2D eigenvalue weighted by atomic mass is 10.2. The smallest absolute Gasteiger partial charge is 0.271 e. The van der Waals surface area contributed by atoms with Crippen LogP contribution in [0.3, 0.4) is 0 Å². The van der Waals surface area contributed by atoms with E-state index in [1.807, 2.05) is 0 Å². The number of rotatable bonds is 6. The summed E-state index contributed by atoms with van der Waals surface area (Å²) in [6.07, 6.45) is -2.74. The first-order chi connectivity index (χ1) is 13.4. The van der Waals surface area contributed by atoms with Crippen LogP contribution in [0.25, 0.3) is 0 Å². The Morgan fingerprint density at radius 1 is 1.17 bits per heavy atom. The molecule has 0 aliphatic heterocycles. The number of nitrogens with zero attached hydrogens (tertiary/aromatic N) is 2. The van der Waals surface area contributed by atoms with E-state index in [9.17, 15) is 26.4 Å². The van der Waals surface area contributed by atoms with E-state index in [-0.39, 0.29) is 5.02 Å². The van der Waals surface area contributed by atoms with E-state index >= 15 is 0 Å². The summed E-state index contributed by atoms with van der Waals surface area (Å²) in [5, 5.41) is 3.77. The fourth-order valence-corrected chi connectivity index (χ4v) is 3.49. The summed E-state index contributed by atoms with van der Waals surface area (Å²) in [7, 11) is -4.13. The number of benzene rings is 2. The molecule has 0 aliphatic carbocycles. The monoisotopic (exact) mass is 467 g/mol. The second-order valence-corrected chi connectivity index (χ2v) is 8.47. The van der Waals surface area contributed by atoms with Gasteiger partial charge in [0.1, 0.15) is 6.54 Å². The average Bonchev–Trinajstić information content (AvgIpc) is 2.60. The fourth-order valence-electron chi connectivity index (χ4n) is 2.18. The van der Waals surface area contributed by atoms with Crippen LogP contribution in [0.15, 0.2) is 47.6 Å². The number of halogens is 5. The Labute approximate surface area is 175 Å². The molecule has 2 rings (SSSR count). The molecule has 0 radical (unpaired) electrons. The summed E-state index contributed by atoms with van der Waals surface area (Å²) in [4.78, 5) is 12.1. The topological polar surface area (TPSA) is 78.8 Å². The van der Waals surface area contributed by atoms with Crippen molar-refractivity contribution < 1.29 is 26.4 Å². The molecule has 6 nitrogen and oxygen atoms in total. The van der Waals surface area contributed by atoms with Crippen LogP contribution in [0.2, 0.25) is 10.0 Å². The van der Waals surface area contributed by atoms with Gasteiger partial charge in [-0.2, -0.15) is 18.3 Å². The lowest BCUT2D eigenvalue weighted by Gasteiger charge is -2.23. The Morgan fingerprint density at radius 2 is 1.83 bits per heavy atom. The second kappa shape index (κ2) is 9.02. The molecule has 0 saturated heterocycles. The normalized spacial score (nSPS) is 12.2. The second-order valence-electron chi connectivity index (χ2n) is 5.75. The number of anilines is 1. The summed E-state index contributed by atoms with van der Waals surface area (Å²) < 4.78 is 63.5. The molecule has 0 fully saturated rings. The third-order valence-corrected chi connectivity index (χ3v) is 5.32. The van der Waals surface area contributed by atoms with Crippen molar-refractivity contribution in [3.8, 4) is 0 Å². The number of nitrogens with one attached hydrogen (secondary N) is 1. The third-order valence-electron chi connectivity index (χ3n) is 3.53. The predicted molar refractivity (Wildman–Crippen MR) is 106 cm³/mol. The van der Waals surface area contributed by atoms with Gasteiger partial charge in [-0.1, -0.05) is 41.4 Å². The molecule has 0 atom stereocenters. The highest BCUT2D eigenvalue weighted by Crippen LogP contribution is 2.36. The summed E-state index contributed by atoms with van der Waals surface area (Å²) in [5.41, 5.74) is 1.00. The molecule has 1 amide bonds. The van der Waals surface area contributed by atoms with Gasteiger partial charge >= 0.3 is 6.18 Å². The first kappa shape index (κ1) is 23.0. The van der Waals surface area contributed by atoms with Crippen LogP contribution in [0.1, 0.15) is 11.1 Å². The minimum atomic E-state index is -4.72. The molecule has 1 N–H and O–H groups in total. The number of hydrazone groups is 1. The van der Waals surface area contributed by atoms with Crippen LogP contribution in [0.4, 0.5) is 18.9 Å². The molecule has 0 saturated carbocycles. The molecule has 0 aromatic heterocycles. The molecule has 0 aliphatic rings. The zero-order valence-corrected chi connectivity index (χ0v) is 17.1. The van der Waals surface area contributed by atoms with E-state index in [1.54, 1.807) is 24.3 Å². The van der Waals surface area contributed by atoms with Gasteiger partial charge in [0.25, 0.3) is 5.91 Å². The lowest BCUT2D eigenvalue weighted by molar-refractivity contribution is -0.137. The molecule has 2 aromatic rings. The number of carbonyl (C=O) groups excluding carboxylic acids is 1. The number of hydrogen-bond acceptors (Lipinski definition) is 4. The highest BCUT2D eigenvalue weighted by molar-refractivity contribution is 7.92. The van der Waals surface area contributed by atoms with E-state index in [0.29, 0.717) is 27.0 Å². The Balaban J connectivity index is 2.24. The number of hydrogen-bond donors (Lipinski definition) is 1. The van der Waals surface area contributed by atoms with Gasteiger partial charge in [-0.15, -0.1) is 0 Å². The van der Waals surface area contributed by atoms with Crippen LogP contribution in [-0.2, 0) is 21.0 Å². The Bertz CT molecular complexity index is 1040. The van der Waals surface area contributed by atoms with Crippen molar-refractivity contribution >= 4 is 51.0 Å². The minimum Gasteiger partial charge on any atom is -0.271 e. The zero-order chi connectivity index (χ0) is 21.8. The molecular weight excluding hydrogens is 454 g/mol. The zero-order valence-electron chi connectivity index (χ0n) is 14.7. The van der Waals surface area contributed by atoms with Crippen molar-refractivity contribution in [1.29, 1.82) is 0 Å². The van der Waals surface area contributed by atoms with Crippen LogP contribution in [0, 0.1) is 0 Å². The van der Waals surface area contributed by atoms with Gasteiger partial charge in [0.15, 0.2) is 0 Å². The van der Waals surface area contributed by atoms with Crippen molar-refractivity contribution in [1.82, 2.24) is 5.43 Å². The first-order valence-electron chi connectivity index (χ1n) is 7.80. The summed E-state index contributed by atoms with van der Waals surface area (Å²) >= 11 is 11.8. The molecule has 0 unspecified atom stereocenters. The largest absolute Gasteiger partial charge is 0.416 e. The SMILES string of the molecule is CS(=O)(=O)N(CC(=O)N/N=C\c1ccccc1Cl)c1cc(C(F)(F)F)ccc1Cl. The van der Waals surface area contributed by atoms with Gasteiger partial charge in [0, 0.05) is 10.6 Å². The van der Waals surface area contributed by atoms with E-state index < -0.39 is 39.9 Å². The van der Waals surface area contributed by atoms with E-state index in [0.717, 1.165) is 12.3 Å². The number of alkyl halides is 3.